The van der Waals surface area contributed by atoms with Crippen LogP contribution in [0.3, 0.4) is 0 Å². The fraction of sp³-hybridized carbons (Fsp3) is 0.455. The van der Waals surface area contributed by atoms with Crippen molar-refractivity contribution in [2.24, 2.45) is 0 Å². The number of piperidine rings is 1. The molecule has 0 bridgehead atoms. The van der Waals surface area contributed by atoms with Crippen LogP contribution in [0.2, 0.25) is 10.0 Å². The maximum absolute atomic E-state index is 6.02. The van der Waals surface area contributed by atoms with Gasteiger partial charge in [-0.15, -0.1) is 0 Å². The van der Waals surface area contributed by atoms with Crippen LogP contribution < -0.4 is 10.1 Å². The molecular formula is C11H13Cl2NO. The zero-order chi connectivity index (χ0) is 10.7. The Bertz CT molecular complexity index is 337. The minimum Gasteiger partial charge on any atom is -0.488 e. The lowest BCUT2D eigenvalue weighted by molar-refractivity contribution is 0.167. The Hall–Kier alpha value is -0.440. The van der Waals surface area contributed by atoms with Gasteiger partial charge in [0.15, 0.2) is 0 Å². The van der Waals surface area contributed by atoms with Gasteiger partial charge in [0.05, 0.1) is 5.02 Å². The molecule has 1 atom stereocenters. The van der Waals surface area contributed by atoms with Crippen LogP contribution in [0, 0.1) is 0 Å². The van der Waals surface area contributed by atoms with Crippen molar-refractivity contribution in [2.75, 3.05) is 13.1 Å². The fourth-order valence-corrected chi connectivity index (χ4v) is 2.12. The number of ether oxygens (including phenoxy) is 1. The Morgan fingerprint density at radius 1 is 1.33 bits per heavy atom. The molecule has 0 radical (unpaired) electrons. The first-order valence-electron chi connectivity index (χ1n) is 5.08. The number of hydrogen-bond donors (Lipinski definition) is 1. The predicted molar refractivity (Wildman–Crippen MR) is 63.0 cm³/mol. The van der Waals surface area contributed by atoms with Gasteiger partial charge in [0, 0.05) is 11.6 Å². The second-order valence-corrected chi connectivity index (χ2v) is 4.50. The summed E-state index contributed by atoms with van der Waals surface area (Å²) < 4.78 is 5.79. The fourth-order valence-electron chi connectivity index (χ4n) is 1.67. The monoisotopic (exact) mass is 245 g/mol. The third kappa shape index (κ3) is 3.00. The van der Waals surface area contributed by atoms with Gasteiger partial charge >= 0.3 is 0 Å². The third-order valence-electron chi connectivity index (χ3n) is 2.44. The highest BCUT2D eigenvalue weighted by atomic mass is 35.5. The average Bonchev–Trinajstić information content (AvgIpc) is 2.24. The van der Waals surface area contributed by atoms with Gasteiger partial charge in [-0.1, -0.05) is 23.2 Å². The first kappa shape index (κ1) is 11.1. The zero-order valence-electron chi connectivity index (χ0n) is 8.30. The van der Waals surface area contributed by atoms with E-state index in [1.807, 2.05) is 6.07 Å². The summed E-state index contributed by atoms with van der Waals surface area (Å²) in [6.07, 6.45) is 2.44. The molecule has 1 saturated heterocycles. The lowest BCUT2D eigenvalue weighted by Crippen LogP contribution is -2.37. The Balaban J connectivity index is 2.03. The van der Waals surface area contributed by atoms with E-state index in [2.05, 4.69) is 5.32 Å². The summed E-state index contributed by atoms with van der Waals surface area (Å²) >= 11 is 11.8. The Morgan fingerprint density at radius 2 is 2.20 bits per heavy atom. The van der Waals surface area contributed by atoms with Crippen LogP contribution >= 0.6 is 23.2 Å². The van der Waals surface area contributed by atoms with E-state index in [-0.39, 0.29) is 6.10 Å². The molecule has 15 heavy (non-hydrogen) atoms. The molecule has 0 amide bonds. The van der Waals surface area contributed by atoms with Crippen LogP contribution in [0.4, 0.5) is 0 Å². The SMILES string of the molecule is Clc1ccc(O[C@H]2CCCNC2)c(Cl)c1. The van der Waals surface area contributed by atoms with E-state index in [1.54, 1.807) is 12.1 Å². The maximum atomic E-state index is 6.02. The molecule has 0 aliphatic carbocycles. The van der Waals surface area contributed by atoms with Gasteiger partial charge in [0.1, 0.15) is 11.9 Å². The standard InChI is InChI=1S/C11H13Cl2NO/c12-8-3-4-11(10(13)6-8)15-9-2-1-5-14-7-9/h3-4,6,9,14H,1-2,5,7H2/t9-/m0/s1. The molecule has 1 aromatic carbocycles. The van der Waals surface area contributed by atoms with Crippen molar-refractivity contribution in [3.63, 3.8) is 0 Å². The van der Waals surface area contributed by atoms with Crippen LogP contribution in [0.1, 0.15) is 12.8 Å². The van der Waals surface area contributed by atoms with Gasteiger partial charge in [-0.2, -0.15) is 0 Å². The third-order valence-corrected chi connectivity index (χ3v) is 2.97. The van der Waals surface area contributed by atoms with E-state index in [0.717, 1.165) is 31.7 Å². The van der Waals surface area contributed by atoms with E-state index in [4.69, 9.17) is 27.9 Å². The van der Waals surface area contributed by atoms with E-state index in [0.29, 0.717) is 10.0 Å². The molecule has 0 aromatic heterocycles. The number of halogens is 2. The molecule has 4 heteroatoms. The average molecular weight is 246 g/mol. The van der Waals surface area contributed by atoms with Crippen LogP contribution in [-0.4, -0.2) is 19.2 Å². The van der Waals surface area contributed by atoms with Crippen molar-refractivity contribution in [1.29, 1.82) is 0 Å². The Kier molecular flexibility index (Phi) is 3.73. The minimum atomic E-state index is 0.220. The van der Waals surface area contributed by atoms with Crippen LogP contribution in [0.25, 0.3) is 0 Å². The number of benzene rings is 1. The summed E-state index contributed by atoms with van der Waals surface area (Å²) in [5.41, 5.74) is 0. The largest absolute Gasteiger partial charge is 0.488 e. The molecule has 0 spiro atoms. The highest BCUT2D eigenvalue weighted by Gasteiger charge is 2.15. The van der Waals surface area contributed by atoms with Gasteiger partial charge in [0.25, 0.3) is 0 Å². The molecule has 2 nitrogen and oxygen atoms in total. The topological polar surface area (TPSA) is 21.3 Å². The molecule has 0 saturated carbocycles. The van der Waals surface area contributed by atoms with Gasteiger partial charge in [-0.3, -0.25) is 0 Å². The van der Waals surface area contributed by atoms with Gasteiger partial charge in [-0.25, -0.2) is 0 Å². The summed E-state index contributed by atoms with van der Waals surface area (Å²) in [5.74, 6) is 0.717. The van der Waals surface area contributed by atoms with Gasteiger partial charge in [0.2, 0.25) is 0 Å². The molecule has 1 aliphatic rings. The normalized spacial score (nSPS) is 21.3. The lowest BCUT2D eigenvalue weighted by atomic mass is 10.1. The first-order valence-corrected chi connectivity index (χ1v) is 5.84. The molecule has 1 aliphatic heterocycles. The summed E-state index contributed by atoms with van der Waals surface area (Å²) in [6.45, 7) is 1.97. The second-order valence-electron chi connectivity index (χ2n) is 3.66. The van der Waals surface area contributed by atoms with E-state index in [9.17, 15) is 0 Å². The van der Waals surface area contributed by atoms with E-state index >= 15 is 0 Å². The van der Waals surface area contributed by atoms with Crippen molar-refractivity contribution in [3.8, 4) is 5.75 Å². The number of hydrogen-bond acceptors (Lipinski definition) is 2. The smallest absolute Gasteiger partial charge is 0.138 e. The van der Waals surface area contributed by atoms with E-state index in [1.165, 1.54) is 0 Å². The van der Waals surface area contributed by atoms with Crippen molar-refractivity contribution in [2.45, 2.75) is 18.9 Å². The van der Waals surface area contributed by atoms with Gasteiger partial charge in [-0.05, 0) is 37.6 Å². The van der Waals surface area contributed by atoms with Gasteiger partial charge < -0.3 is 10.1 Å². The predicted octanol–water partition coefficient (Wildman–Crippen LogP) is 3.12. The lowest BCUT2D eigenvalue weighted by Gasteiger charge is -2.24. The molecule has 82 valence electrons. The van der Waals surface area contributed by atoms with Crippen molar-refractivity contribution in [1.82, 2.24) is 5.32 Å². The van der Waals surface area contributed by atoms with Crippen LogP contribution in [0.15, 0.2) is 18.2 Å². The number of rotatable bonds is 2. The van der Waals surface area contributed by atoms with Crippen molar-refractivity contribution < 1.29 is 4.74 Å². The van der Waals surface area contributed by atoms with Crippen molar-refractivity contribution in [3.05, 3.63) is 28.2 Å². The highest BCUT2D eigenvalue weighted by molar-refractivity contribution is 6.35. The molecule has 2 rings (SSSR count). The summed E-state index contributed by atoms with van der Waals surface area (Å²) in [6, 6.07) is 5.31. The summed E-state index contributed by atoms with van der Waals surface area (Å²) in [7, 11) is 0. The van der Waals surface area contributed by atoms with Crippen LogP contribution in [0.5, 0.6) is 5.75 Å². The quantitative estimate of drug-likeness (QED) is 0.865. The van der Waals surface area contributed by atoms with E-state index < -0.39 is 0 Å². The van der Waals surface area contributed by atoms with Crippen LogP contribution in [-0.2, 0) is 0 Å². The minimum absolute atomic E-state index is 0.220. The molecule has 1 fully saturated rings. The molecule has 1 aromatic rings. The first-order chi connectivity index (χ1) is 7.25. The molecule has 1 heterocycles. The molecular weight excluding hydrogens is 233 g/mol. The molecule has 1 N–H and O–H groups in total. The maximum Gasteiger partial charge on any atom is 0.138 e. The zero-order valence-corrected chi connectivity index (χ0v) is 9.81. The van der Waals surface area contributed by atoms with Crippen molar-refractivity contribution >= 4 is 23.2 Å². The Morgan fingerprint density at radius 3 is 2.87 bits per heavy atom. The number of nitrogens with one attached hydrogen (secondary N) is 1. The summed E-state index contributed by atoms with van der Waals surface area (Å²) in [4.78, 5) is 0. The highest BCUT2D eigenvalue weighted by Crippen LogP contribution is 2.29. The Labute approximate surface area is 99.5 Å². The summed E-state index contributed by atoms with van der Waals surface area (Å²) in [5, 5.41) is 4.50. The second kappa shape index (κ2) is 5.06. The molecule has 0 unspecified atom stereocenters.